The molecule has 4 rings (SSSR count). The molecule has 0 saturated carbocycles. The van der Waals surface area contributed by atoms with Crippen molar-refractivity contribution < 1.29 is 23.9 Å². The number of aliphatic imine (C=N–C) groups is 1. The Morgan fingerprint density at radius 3 is 2.35 bits per heavy atom. The first-order chi connectivity index (χ1) is 15.0. The summed E-state index contributed by atoms with van der Waals surface area (Å²) in [6.07, 6.45) is 1.21. The second-order valence-corrected chi connectivity index (χ2v) is 7.01. The van der Waals surface area contributed by atoms with Gasteiger partial charge in [-0.25, -0.2) is 9.69 Å². The van der Waals surface area contributed by atoms with Crippen LogP contribution in [0.25, 0.3) is 0 Å². The maximum absolute atomic E-state index is 12.8. The summed E-state index contributed by atoms with van der Waals surface area (Å²) in [6.45, 7) is 2.14. The Kier molecular flexibility index (Phi) is 5.85. The van der Waals surface area contributed by atoms with Gasteiger partial charge in [0.25, 0.3) is 11.8 Å². The number of ether oxygens (including phenoxy) is 1. The summed E-state index contributed by atoms with van der Waals surface area (Å²) in [5.41, 5.74) is 1.36. The number of urea groups is 1. The van der Waals surface area contributed by atoms with Crippen LogP contribution >= 0.6 is 0 Å². The quantitative estimate of drug-likeness (QED) is 0.599. The zero-order valence-corrected chi connectivity index (χ0v) is 16.6. The highest BCUT2D eigenvalue weighted by Crippen LogP contribution is 2.21. The van der Waals surface area contributed by atoms with E-state index in [9.17, 15) is 19.2 Å². The van der Waals surface area contributed by atoms with Crippen molar-refractivity contribution in [2.24, 2.45) is 10.9 Å². The van der Waals surface area contributed by atoms with Gasteiger partial charge in [0, 0.05) is 24.9 Å². The van der Waals surface area contributed by atoms with Gasteiger partial charge in [-0.15, -0.1) is 0 Å². The van der Waals surface area contributed by atoms with E-state index in [1.165, 1.54) is 6.21 Å². The van der Waals surface area contributed by atoms with Crippen LogP contribution in [0.15, 0.2) is 59.6 Å². The highest BCUT2D eigenvalue weighted by Gasteiger charge is 2.40. The topological polar surface area (TPSA) is 108 Å². The second kappa shape index (κ2) is 8.88. The summed E-state index contributed by atoms with van der Waals surface area (Å²) >= 11 is 0. The van der Waals surface area contributed by atoms with Gasteiger partial charge in [0.15, 0.2) is 5.92 Å². The number of benzene rings is 2. The highest BCUT2D eigenvalue weighted by atomic mass is 16.5. The molecule has 31 heavy (non-hydrogen) atoms. The maximum Gasteiger partial charge on any atom is 0.335 e. The lowest BCUT2D eigenvalue weighted by Crippen LogP contribution is -2.58. The lowest BCUT2D eigenvalue weighted by atomic mass is 10.1. The molecule has 2 aromatic rings. The Balaban J connectivity index is 1.48. The molecule has 0 spiro atoms. The van der Waals surface area contributed by atoms with Gasteiger partial charge in [-0.3, -0.25) is 24.7 Å². The Morgan fingerprint density at radius 2 is 1.68 bits per heavy atom. The van der Waals surface area contributed by atoms with Gasteiger partial charge >= 0.3 is 6.03 Å². The molecule has 2 heterocycles. The number of hydrogen-bond donors (Lipinski definition) is 1. The molecular formula is C22H20N4O5. The smallest absolute Gasteiger partial charge is 0.335 e. The summed E-state index contributed by atoms with van der Waals surface area (Å²) in [5, 5.41) is 2.18. The average molecular weight is 420 g/mol. The molecule has 2 fully saturated rings. The van der Waals surface area contributed by atoms with E-state index in [1.807, 2.05) is 0 Å². The SMILES string of the molecule is O=C1NC(=O)N(c2ccccc2)C(=O)C1C=Nc1ccc(C(=O)N2CCOCC2)cc1. The molecule has 2 aromatic carbocycles. The van der Waals surface area contributed by atoms with Crippen LogP contribution in [0.3, 0.4) is 0 Å². The third kappa shape index (κ3) is 4.36. The Hall–Kier alpha value is -3.85. The first-order valence-corrected chi connectivity index (χ1v) is 9.80. The van der Waals surface area contributed by atoms with Crippen molar-refractivity contribution in [3.05, 3.63) is 60.2 Å². The zero-order chi connectivity index (χ0) is 21.8. The fourth-order valence-electron chi connectivity index (χ4n) is 3.34. The monoisotopic (exact) mass is 420 g/mol. The van der Waals surface area contributed by atoms with Crippen molar-refractivity contribution in [2.45, 2.75) is 0 Å². The average Bonchev–Trinajstić information content (AvgIpc) is 2.80. The Morgan fingerprint density at radius 1 is 1.00 bits per heavy atom. The van der Waals surface area contributed by atoms with Gasteiger partial charge in [0.1, 0.15) is 0 Å². The van der Waals surface area contributed by atoms with Crippen molar-refractivity contribution >= 4 is 41.3 Å². The van der Waals surface area contributed by atoms with Gasteiger partial charge in [-0.1, -0.05) is 18.2 Å². The molecule has 0 radical (unpaired) electrons. The van der Waals surface area contributed by atoms with Crippen LogP contribution in [0.1, 0.15) is 10.4 Å². The maximum atomic E-state index is 12.8. The molecule has 2 aliphatic rings. The molecule has 2 aliphatic heterocycles. The summed E-state index contributed by atoms with van der Waals surface area (Å²) in [5.74, 6) is -2.74. The number of carbonyl (C=O) groups is 4. The largest absolute Gasteiger partial charge is 0.378 e. The highest BCUT2D eigenvalue weighted by molar-refractivity contribution is 6.32. The van der Waals surface area contributed by atoms with Crippen LogP contribution < -0.4 is 10.2 Å². The van der Waals surface area contributed by atoms with Crippen LogP contribution in [-0.2, 0) is 14.3 Å². The second-order valence-electron chi connectivity index (χ2n) is 7.01. The number of amides is 5. The van der Waals surface area contributed by atoms with Crippen molar-refractivity contribution in [1.29, 1.82) is 0 Å². The molecule has 9 heteroatoms. The minimum absolute atomic E-state index is 0.0855. The van der Waals surface area contributed by atoms with Crippen LogP contribution in [0.4, 0.5) is 16.2 Å². The van der Waals surface area contributed by atoms with Crippen molar-refractivity contribution in [1.82, 2.24) is 10.2 Å². The van der Waals surface area contributed by atoms with E-state index in [4.69, 9.17) is 4.74 Å². The van der Waals surface area contributed by atoms with Crippen molar-refractivity contribution in [3.8, 4) is 0 Å². The molecule has 5 amide bonds. The summed E-state index contributed by atoms with van der Waals surface area (Å²) in [7, 11) is 0. The summed E-state index contributed by atoms with van der Waals surface area (Å²) in [6, 6.07) is 14.1. The van der Waals surface area contributed by atoms with Gasteiger partial charge < -0.3 is 9.64 Å². The molecule has 0 bridgehead atoms. The molecule has 158 valence electrons. The fraction of sp³-hybridized carbons (Fsp3) is 0.227. The van der Waals surface area contributed by atoms with E-state index in [1.54, 1.807) is 59.5 Å². The van der Waals surface area contributed by atoms with Crippen molar-refractivity contribution in [2.75, 3.05) is 31.2 Å². The number of para-hydroxylation sites is 1. The number of nitrogens with one attached hydrogen (secondary N) is 1. The number of carbonyl (C=O) groups excluding carboxylic acids is 4. The Bertz CT molecular complexity index is 1030. The lowest BCUT2D eigenvalue weighted by Gasteiger charge is -2.28. The lowest BCUT2D eigenvalue weighted by molar-refractivity contribution is -0.131. The predicted molar refractivity (Wildman–Crippen MR) is 112 cm³/mol. The van der Waals surface area contributed by atoms with E-state index in [-0.39, 0.29) is 5.91 Å². The van der Waals surface area contributed by atoms with E-state index in [2.05, 4.69) is 10.3 Å². The van der Waals surface area contributed by atoms with Crippen molar-refractivity contribution in [3.63, 3.8) is 0 Å². The van der Waals surface area contributed by atoms with E-state index in [0.29, 0.717) is 43.2 Å². The van der Waals surface area contributed by atoms with E-state index < -0.39 is 23.8 Å². The zero-order valence-electron chi connectivity index (χ0n) is 16.6. The predicted octanol–water partition coefficient (Wildman–Crippen LogP) is 1.76. The summed E-state index contributed by atoms with van der Waals surface area (Å²) in [4.78, 5) is 56.5. The van der Waals surface area contributed by atoms with Gasteiger partial charge in [0.05, 0.1) is 24.6 Å². The molecule has 0 aliphatic carbocycles. The number of morpholine rings is 1. The van der Waals surface area contributed by atoms with E-state index in [0.717, 1.165) is 4.90 Å². The molecule has 2 saturated heterocycles. The number of rotatable bonds is 4. The first kappa shape index (κ1) is 20.4. The fourth-order valence-corrected chi connectivity index (χ4v) is 3.34. The number of barbiturate groups is 1. The molecule has 0 aromatic heterocycles. The minimum Gasteiger partial charge on any atom is -0.378 e. The third-order valence-electron chi connectivity index (χ3n) is 5.00. The molecular weight excluding hydrogens is 400 g/mol. The summed E-state index contributed by atoms with van der Waals surface area (Å²) < 4.78 is 5.26. The Labute approximate surface area is 178 Å². The molecule has 9 nitrogen and oxygen atoms in total. The standard InChI is InChI=1S/C22H20N4O5/c27-19-18(21(29)26(22(30)24-19)17-4-2-1-3-5-17)14-23-16-8-6-15(7-9-16)20(28)25-10-12-31-13-11-25/h1-9,14,18H,10-13H2,(H,24,27,30). The molecule has 1 atom stereocenters. The molecule has 1 N–H and O–H groups in total. The van der Waals surface area contributed by atoms with Crippen LogP contribution in [-0.4, -0.2) is 61.2 Å². The minimum atomic E-state index is -1.24. The van der Waals surface area contributed by atoms with Gasteiger partial charge in [-0.2, -0.15) is 0 Å². The third-order valence-corrected chi connectivity index (χ3v) is 5.00. The number of imide groups is 2. The number of hydrogen-bond acceptors (Lipinski definition) is 6. The van der Waals surface area contributed by atoms with Gasteiger partial charge in [-0.05, 0) is 36.4 Å². The molecule has 1 unspecified atom stereocenters. The van der Waals surface area contributed by atoms with E-state index >= 15 is 0 Å². The van der Waals surface area contributed by atoms with Crippen LogP contribution in [0.5, 0.6) is 0 Å². The van der Waals surface area contributed by atoms with Crippen LogP contribution in [0, 0.1) is 5.92 Å². The number of nitrogens with zero attached hydrogens (tertiary/aromatic N) is 3. The van der Waals surface area contributed by atoms with Crippen LogP contribution in [0.2, 0.25) is 0 Å². The normalized spacial score (nSPS) is 19.6. The number of anilines is 1. The first-order valence-electron chi connectivity index (χ1n) is 9.80. The van der Waals surface area contributed by atoms with Gasteiger partial charge in [0.2, 0.25) is 5.91 Å².